The van der Waals surface area contributed by atoms with Crippen LogP contribution in [0.5, 0.6) is 0 Å². The van der Waals surface area contributed by atoms with Gasteiger partial charge in [0, 0.05) is 32.7 Å². The predicted octanol–water partition coefficient (Wildman–Crippen LogP) is 0.505. The smallest absolute Gasteiger partial charge is 0.211 e. The van der Waals surface area contributed by atoms with Crippen LogP contribution in [0.2, 0.25) is 0 Å². The number of rotatable bonds is 3. The minimum absolute atomic E-state index is 0.437. The van der Waals surface area contributed by atoms with Gasteiger partial charge in [0.1, 0.15) is 0 Å². The maximum absolute atomic E-state index is 11.6. The lowest BCUT2D eigenvalue weighted by Gasteiger charge is -2.39. The Morgan fingerprint density at radius 3 is 2.47 bits per heavy atom. The summed E-state index contributed by atoms with van der Waals surface area (Å²) in [6.45, 7) is 6.03. The van der Waals surface area contributed by atoms with E-state index in [1.807, 2.05) is 6.92 Å². The van der Waals surface area contributed by atoms with Crippen molar-refractivity contribution in [1.82, 2.24) is 9.21 Å². The van der Waals surface area contributed by atoms with E-state index in [1.165, 1.54) is 6.26 Å². The highest BCUT2D eigenvalue weighted by atomic mass is 32.2. The van der Waals surface area contributed by atoms with E-state index in [9.17, 15) is 13.5 Å². The van der Waals surface area contributed by atoms with Crippen molar-refractivity contribution in [3.8, 4) is 0 Å². The van der Waals surface area contributed by atoms with E-state index >= 15 is 0 Å². The van der Waals surface area contributed by atoms with E-state index in [0.29, 0.717) is 19.0 Å². The molecule has 2 aliphatic heterocycles. The summed E-state index contributed by atoms with van der Waals surface area (Å²) in [4.78, 5) is 2.37. The van der Waals surface area contributed by atoms with Crippen molar-refractivity contribution in [2.75, 3.05) is 39.0 Å². The molecular weight excluding hydrogens is 264 g/mol. The molecule has 1 N–H and O–H groups in total. The Labute approximate surface area is 116 Å². The molecule has 0 bridgehead atoms. The number of likely N-dealkylation sites (tertiary alicyclic amines) is 1. The first-order valence-corrected chi connectivity index (χ1v) is 9.01. The summed E-state index contributed by atoms with van der Waals surface area (Å²) < 4.78 is 24.8. The maximum Gasteiger partial charge on any atom is 0.211 e. The van der Waals surface area contributed by atoms with E-state index in [2.05, 4.69) is 4.90 Å². The second-order valence-corrected chi connectivity index (χ2v) is 8.41. The minimum atomic E-state index is -3.04. The molecule has 19 heavy (non-hydrogen) atoms. The summed E-state index contributed by atoms with van der Waals surface area (Å²) in [7, 11) is -3.04. The number of sulfonamides is 1. The molecule has 2 aliphatic rings. The van der Waals surface area contributed by atoms with Gasteiger partial charge in [0.2, 0.25) is 10.0 Å². The molecular formula is C13H26N2O3S. The van der Waals surface area contributed by atoms with Crippen molar-refractivity contribution in [3.05, 3.63) is 0 Å². The van der Waals surface area contributed by atoms with Crippen molar-refractivity contribution in [1.29, 1.82) is 0 Å². The summed E-state index contributed by atoms with van der Waals surface area (Å²) in [6.07, 6.45) is 5.00. The van der Waals surface area contributed by atoms with Crippen LogP contribution in [-0.2, 0) is 10.0 Å². The molecule has 6 heteroatoms. The SMILES string of the molecule is CC1(O)CCN(CC2CCCN(S(C)(=O)=O)C2)CC1. The first-order valence-electron chi connectivity index (χ1n) is 7.16. The van der Waals surface area contributed by atoms with E-state index in [4.69, 9.17) is 0 Å². The molecule has 0 aliphatic carbocycles. The van der Waals surface area contributed by atoms with Crippen LogP contribution in [0.15, 0.2) is 0 Å². The normalized spacial score (nSPS) is 30.4. The van der Waals surface area contributed by atoms with Crippen molar-refractivity contribution in [2.45, 2.75) is 38.2 Å². The topological polar surface area (TPSA) is 60.9 Å². The summed E-state index contributed by atoms with van der Waals surface area (Å²) in [5, 5.41) is 9.93. The van der Waals surface area contributed by atoms with Gasteiger partial charge in [-0.15, -0.1) is 0 Å². The lowest BCUT2D eigenvalue weighted by Crippen LogP contribution is -2.47. The lowest BCUT2D eigenvalue weighted by molar-refractivity contribution is -0.0104. The monoisotopic (exact) mass is 290 g/mol. The molecule has 1 atom stereocenters. The second kappa shape index (κ2) is 5.68. The van der Waals surface area contributed by atoms with Gasteiger partial charge in [-0.2, -0.15) is 0 Å². The average molecular weight is 290 g/mol. The van der Waals surface area contributed by atoms with E-state index in [-0.39, 0.29) is 0 Å². The highest BCUT2D eigenvalue weighted by Crippen LogP contribution is 2.24. The average Bonchev–Trinajstić information content (AvgIpc) is 2.31. The Kier molecular flexibility index (Phi) is 4.55. The zero-order valence-corrected chi connectivity index (χ0v) is 12.8. The predicted molar refractivity (Wildman–Crippen MR) is 75.4 cm³/mol. The highest BCUT2D eigenvalue weighted by molar-refractivity contribution is 7.88. The fourth-order valence-electron chi connectivity index (χ4n) is 3.06. The van der Waals surface area contributed by atoms with Crippen molar-refractivity contribution in [3.63, 3.8) is 0 Å². The zero-order chi connectivity index (χ0) is 14.1. The van der Waals surface area contributed by atoms with Gasteiger partial charge >= 0.3 is 0 Å². The molecule has 0 saturated carbocycles. The van der Waals surface area contributed by atoms with Gasteiger partial charge in [-0.3, -0.25) is 0 Å². The fraction of sp³-hybridized carbons (Fsp3) is 1.00. The van der Waals surface area contributed by atoms with Crippen molar-refractivity contribution in [2.24, 2.45) is 5.92 Å². The Morgan fingerprint density at radius 2 is 1.89 bits per heavy atom. The van der Waals surface area contributed by atoms with Crippen LogP contribution in [0.25, 0.3) is 0 Å². The van der Waals surface area contributed by atoms with Gasteiger partial charge in [0.15, 0.2) is 0 Å². The third-order valence-electron chi connectivity index (χ3n) is 4.40. The Bertz CT molecular complexity index is 398. The van der Waals surface area contributed by atoms with Crippen LogP contribution < -0.4 is 0 Å². The molecule has 2 heterocycles. The molecule has 5 nitrogen and oxygen atoms in total. The number of hydrogen-bond donors (Lipinski definition) is 1. The van der Waals surface area contributed by atoms with Gasteiger partial charge < -0.3 is 10.0 Å². The van der Waals surface area contributed by atoms with Crippen LogP contribution in [0.1, 0.15) is 32.6 Å². The summed E-state index contributed by atoms with van der Waals surface area (Å²) in [5.74, 6) is 0.437. The van der Waals surface area contributed by atoms with Gasteiger partial charge in [-0.05, 0) is 38.5 Å². The van der Waals surface area contributed by atoms with Crippen LogP contribution in [0.3, 0.4) is 0 Å². The molecule has 2 fully saturated rings. The molecule has 0 aromatic heterocycles. The van der Waals surface area contributed by atoms with Crippen LogP contribution in [-0.4, -0.2) is 67.3 Å². The third kappa shape index (κ3) is 4.41. The molecule has 112 valence electrons. The van der Waals surface area contributed by atoms with Gasteiger partial charge in [0.05, 0.1) is 11.9 Å². The van der Waals surface area contributed by atoms with Crippen molar-refractivity contribution >= 4 is 10.0 Å². The Hall–Kier alpha value is -0.170. The Balaban J connectivity index is 1.83. The fourth-order valence-corrected chi connectivity index (χ4v) is 4.00. The molecule has 2 saturated heterocycles. The Morgan fingerprint density at radius 1 is 1.26 bits per heavy atom. The van der Waals surface area contributed by atoms with Gasteiger partial charge in [0.25, 0.3) is 0 Å². The standard InChI is InChI=1S/C13H26N2O3S/c1-13(16)5-8-14(9-6-13)10-12-4-3-7-15(11-12)19(2,17)18/h12,16H,3-11H2,1-2H3. The van der Waals surface area contributed by atoms with E-state index < -0.39 is 15.6 Å². The maximum atomic E-state index is 11.6. The first-order chi connectivity index (χ1) is 8.76. The van der Waals surface area contributed by atoms with Crippen LogP contribution in [0.4, 0.5) is 0 Å². The van der Waals surface area contributed by atoms with Gasteiger partial charge in [-0.1, -0.05) is 0 Å². The summed E-state index contributed by atoms with van der Waals surface area (Å²) >= 11 is 0. The van der Waals surface area contributed by atoms with E-state index in [0.717, 1.165) is 45.3 Å². The number of aliphatic hydroxyl groups is 1. The molecule has 0 spiro atoms. The highest BCUT2D eigenvalue weighted by Gasteiger charge is 2.31. The number of piperidine rings is 2. The molecule has 0 radical (unpaired) electrons. The quantitative estimate of drug-likeness (QED) is 0.822. The number of hydrogen-bond acceptors (Lipinski definition) is 4. The third-order valence-corrected chi connectivity index (χ3v) is 5.67. The van der Waals surface area contributed by atoms with Crippen LogP contribution >= 0.6 is 0 Å². The summed E-state index contributed by atoms with van der Waals surface area (Å²) in [5.41, 5.74) is -0.512. The largest absolute Gasteiger partial charge is 0.390 e. The second-order valence-electron chi connectivity index (χ2n) is 6.43. The van der Waals surface area contributed by atoms with E-state index in [1.54, 1.807) is 4.31 Å². The zero-order valence-electron chi connectivity index (χ0n) is 12.0. The summed E-state index contributed by atoms with van der Waals surface area (Å²) in [6, 6.07) is 0. The van der Waals surface area contributed by atoms with Crippen LogP contribution in [0, 0.1) is 5.92 Å². The molecule has 0 amide bonds. The minimum Gasteiger partial charge on any atom is -0.390 e. The van der Waals surface area contributed by atoms with Gasteiger partial charge in [-0.25, -0.2) is 12.7 Å². The molecule has 0 aromatic carbocycles. The molecule has 0 aromatic rings. The first kappa shape index (κ1) is 15.2. The molecule has 2 rings (SSSR count). The lowest BCUT2D eigenvalue weighted by atomic mass is 9.92. The molecule has 1 unspecified atom stereocenters. The number of nitrogens with zero attached hydrogens (tertiary/aromatic N) is 2. The van der Waals surface area contributed by atoms with Crippen molar-refractivity contribution < 1.29 is 13.5 Å².